The van der Waals surface area contributed by atoms with Crippen LogP contribution in [0.3, 0.4) is 0 Å². The monoisotopic (exact) mass is 333 g/mol. The quantitative estimate of drug-likeness (QED) is 0.887. The lowest BCUT2D eigenvalue weighted by Gasteiger charge is -2.35. The molecule has 0 aromatic heterocycles. The topological polar surface area (TPSA) is 61.9 Å². The maximum Gasteiger partial charge on any atom is 0.317 e. The number of benzene rings is 1. The Hall–Kier alpha value is -2.08. The third-order valence-electron chi connectivity index (χ3n) is 4.31. The fourth-order valence-electron chi connectivity index (χ4n) is 2.84. The second kappa shape index (κ2) is 8.68. The van der Waals surface area contributed by atoms with E-state index in [1.165, 1.54) is 0 Å². The SMILES string of the molecule is COC[C@H](C)NC(=O)N1CCN(C(=O)Cc2ccccc2C)CC1. The molecule has 1 aromatic rings. The van der Waals surface area contributed by atoms with Crippen LogP contribution < -0.4 is 5.32 Å². The van der Waals surface area contributed by atoms with Gasteiger partial charge in [-0.15, -0.1) is 0 Å². The number of methoxy groups -OCH3 is 1. The molecule has 0 spiro atoms. The Kier molecular flexibility index (Phi) is 6.61. The third-order valence-corrected chi connectivity index (χ3v) is 4.31. The summed E-state index contributed by atoms with van der Waals surface area (Å²) < 4.78 is 5.02. The summed E-state index contributed by atoms with van der Waals surface area (Å²) in [4.78, 5) is 28.2. The summed E-state index contributed by atoms with van der Waals surface area (Å²) in [5.41, 5.74) is 2.20. The Morgan fingerprint density at radius 3 is 2.42 bits per heavy atom. The Bertz CT molecular complexity index is 568. The van der Waals surface area contributed by atoms with Crippen LogP contribution in [0.2, 0.25) is 0 Å². The summed E-state index contributed by atoms with van der Waals surface area (Å²) in [6.07, 6.45) is 0.420. The van der Waals surface area contributed by atoms with Gasteiger partial charge in [-0.2, -0.15) is 0 Å². The van der Waals surface area contributed by atoms with Crippen molar-refractivity contribution in [3.63, 3.8) is 0 Å². The molecule has 0 unspecified atom stereocenters. The zero-order valence-corrected chi connectivity index (χ0v) is 14.7. The molecule has 6 nitrogen and oxygen atoms in total. The van der Waals surface area contributed by atoms with Gasteiger partial charge in [0, 0.05) is 33.3 Å². The molecule has 6 heteroatoms. The predicted molar refractivity (Wildman–Crippen MR) is 92.9 cm³/mol. The molecule has 24 heavy (non-hydrogen) atoms. The minimum Gasteiger partial charge on any atom is -0.383 e. The van der Waals surface area contributed by atoms with Crippen molar-refractivity contribution in [2.24, 2.45) is 0 Å². The van der Waals surface area contributed by atoms with E-state index < -0.39 is 0 Å². The highest BCUT2D eigenvalue weighted by atomic mass is 16.5. The minimum atomic E-state index is -0.0921. The van der Waals surface area contributed by atoms with E-state index in [0.717, 1.165) is 11.1 Å². The van der Waals surface area contributed by atoms with Gasteiger partial charge in [-0.05, 0) is 25.0 Å². The van der Waals surface area contributed by atoms with Gasteiger partial charge in [-0.25, -0.2) is 4.79 Å². The van der Waals surface area contributed by atoms with Crippen molar-refractivity contribution in [2.45, 2.75) is 26.3 Å². The van der Waals surface area contributed by atoms with Crippen LogP contribution in [0.15, 0.2) is 24.3 Å². The van der Waals surface area contributed by atoms with Crippen molar-refractivity contribution in [1.82, 2.24) is 15.1 Å². The second-order valence-corrected chi connectivity index (χ2v) is 6.28. The third kappa shape index (κ3) is 4.96. The molecule has 1 saturated heterocycles. The van der Waals surface area contributed by atoms with E-state index in [1.807, 2.05) is 43.0 Å². The first kappa shape index (κ1) is 18.3. The lowest BCUT2D eigenvalue weighted by Crippen LogP contribution is -2.54. The van der Waals surface area contributed by atoms with Crippen LogP contribution in [0, 0.1) is 6.92 Å². The van der Waals surface area contributed by atoms with Crippen molar-refractivity contribution < 1.29 is 14.3 Å². The first-order valence-corrected chi connectivity index (χ1v) is 8.38. The summed E-state index contributed by atoms with van der Waals surface area (Å²) >= 11 is 0. The highest BCUT2D eigenvalue weighted by Crippen LogP contribution is 2.11. The lowest BCUT2D eigenvalue weighted by molar-refractivity contribution is -0.131. The maximum atomic E-state index is 12.4. The summed E-state index contributed by atoms with van der Waals surface area (Å²) in [5, 5.41) is 2.90. The molecule has 2 rings (SSSR count). The van der Waals surface area contributed by atoms with Crippen LogP contribution in [0.25, 0.3) is 0 Å². The van der Waals surface area contributed by atoms with Crippen LogP contribution >= 0.6 is 0 Å². The van der Waals surface area contributed by atoms with Gasteiger partial charge >= 0.3 is 6.03 Å². The molecule has 132 valence electrons. The van der Waals surface area contributed by atoms with Crippen molar-refractivity contribution in [3.05, 3.63) is 35.4 Å². The van der Waals surface area contributed by atoms with Gasteiger partial charge in [-0.1, -0.05) is 24.3 Å². The number of hydrogen-bond acceptors (Lipinski definition) is 3. The van der Waals surface area contributed by atoms with E-state index in [4.69, 9.17) is 4.74 Å². The first-order valence-electron chi connectivity index (χ1n) is 8.38. The number of piperazine rings is 1. The summed E-state index contributed by atoms with van der Waals surface area (Å²) in [6, 6.07) is 7.83. The number of hydrogen-bond donors (Lipinski definition) is 1. The van der Waals surface area contributed by atoms with Crippen molar-refractivity contribution in [1.29, 1.82) is 0 Å². The van der Waals surface area contributed by atoms with E-state index in [2.05, 4.69) is 5.32 Å². The van der Waals surface area contributed by atoms with Gasteiger partial charge in [0.05, 0.1) is 19.1 Å². The largest absolute Gasteiger partial charge is 0.383 e. The van der Waals surface area contributed by atoms with Crippen LogP contribution in [-0.2, 0) is 16.0 Å². The average Bonchev–Trinajstić information content (AvgIpc) is 2.57. The summed E-state index contributed by atoms with van der Waals surface area (Å²) in [5.74, 6) is 0.122. The number of carbonyl (C=O) groups excluding carboxylic acids is 2. The maximum absolute atomic E-state index is 12.4. The molecule has 1 N–H and O–H groups in total. The molecule has 1 heterocycles. The number of amides is 3. The standard InChI is InChI=1S/C18H27N3O3/c1-14-6-4-5-7-16(14)12-17(22)20-8-10-21(11-9-20)18(23)19-15(2)13-24-3/h4-7,15H,8-13H2,1-3H3,(H,19,23)/t15-/m0/s1. The number of nitrogens with zero attached hydrogens (tertiary/aromatic N) is 2. The first-order chi connectivity index (χ1) is 11.5. The van der Waals surface area contributed by atoms with Crippen molar-refractivity contribution in [3.8, 4) is 0 Å². The molecule has 1 aromatic carbocycles. The van der Waals surface area contributed by atoms with E-state index >= 15 is 0 Å². The zero-order chi connectivity index (χ0) is 17.5. The van der Waals surface area contributed by atoms with Crippen LogP contribution in [0.4, 0.5) is 4.79 Å². The molecular formula is C18H27N3O3. The zero-order valence-electron chi connectivity index (χ0n) is 14.7. The molecule has 1 aliphatic rings. The molecule has 0 bridgehead atoms. The number of urea groups is 1. The highest BCUT2D eigenvalue weighted by molar-refractivity contribution is 5.80. The number of nitrogens with one attached hydrogen (secondary N) is 1. The van der Waals surface area contributed by atoms with Crippen LogP contribution in [0.5, 0.6) is 0 Å². The number of carbonyl (C=O) groups is 2. The van der Waals surface area contributed by atoms with Gasteiger partial charge in [-0.3, -0.25) is 4.79 Å². The van der Waals surface area contributed by atoms with Gasteiger partial charge < -0.3 is 19.9 Å². The number of rotatable bonds is 5. The van der Waals surface area contributed by atoms with E-state index in [9.17, 15) is 9.59 Å². The molecule has 1 fully saturated rings. The predicted octanol–water partition coefficient (Wildman–Crippen LogP) is 1.43. The minimum absolute atomic E-state index is 0.0248. The lowest BCUT2D eigenvalue weighted by atomic mass is 10.1. The molecule has 0 radical (unpaired) electrons. The average molecular weight is 333 g/mol. The van der Waals surface area contributed by atoms with Crippen LogP contribution in [-0.4, -0.2) is 67.7 Å². The molecule has 3 amide bonds. The second-order valence-electron chi connectivity index (χ2n) is 6.28. The smallest absolute Gasteiger partial charge is 0.317 e. The van der Waals surface area contributed by atoms with Crippen molar-refractivity contribution >= 4 is 11.9 Å². The van der Waals surface area contributed by atoms with E-state index in [-0.39, 0.29) is 18.0 Å². The van der Waals surface area contributed by atoms with Gasteiger partial charge in [0.25, 0.3) is 0 Å². The van der Waals surface area contributed by atoms with Gasteiger partial charge in [0.1, 0.15) is 0 Å². The summed E-state index contributed by atoms with van der Waals surface area (Å²) in [6.45, 7) is 6.69. The number of aryl methyl sites for hydroxylation is 1. The van der Waals surface area contributed by atoms with Gasteiger partial charge in [0.15, 0.2) is 0 Å². The molecular weight excluding hydrogens is 306 g/mol. The molecule has 1 atom stereocenters. The van der Waals surface area contributed by atoms with Crippen molar-refractivity contribution in [2.75, 3.05) is 39.9 Å². The normalized spacial score (nSPS) is 16.0. The number of ether oxygens (including phenoxy) is 1. The molecule has 0 aliphatic carbocycles. The Balaban J connectivity index is 1.81. The van der Waals surface area contributed by atoms with E-state index in [0.29, 0.717) is 39.2 Å². The van der Waals surface area contributed by atoms with E-state index in [1.54, 1.807) is 12.0 Å². The molecule has 0 saturated carbocycles. The fourth-order valence-corrected chi connectivity index (χ4v) is 2.84. The molecule has 1 aliphatic heterocycles. The van der Waals surface area contributed by atoms with Gasteiger partial charge in [0.2, 0.25) is 5.91 Å². The van der Waals surface area contributed by atoms with Crippen LogP contribution in [0.1, 0.15) is 18.1 Å². The Morgan fingerprint density at radius 1 is 1.17 bits per heavy atom. The Morgan fingerprint density at radius 2 is 1.79 bits per heavy atom. The Labute approximate surface area is 143 Å². The summed E-state index contributed by atoms with van der Waals surface area (Å²) in [7, 11) is 1.61. The highest BCUT2D eigenvalue weighted by Gasteiger charge is 2.24. The fraction of sp³-hybridized carbons (Fsp3) is 0.556.